The Balaban J connectivity index is 1.81. The molecular weight excluding hydrogens is 294 g/mol. The third-order valence-electron chi connectivity index (χ3n) is 3.49. The number of aliphatic hydroxyl groups excluding tert-OH is 1. The zero-order valence-corrected chi connectivity index (χ0v) is 13.7. The van der Waals surface area contributed by atoms with E-state index in [0.29, 0.717) is 18.9 Å². The molecule has 124 valence electrons. The first kappa shape index (κ1) is 17.0. The van der Waals surface area contributed by atoms with Gasteiger partial charge in [-0.1, -0.05) is 29.3 Å². The molecule has 1 aromatic heterocycles. The normalized spacial score (nSPS) is 12.0. The maximum atomic E-state index is 11.8. The Labute approximate surface area is 135 Å². The fourth-order valence-corrected chi connectivity index (χ4v) is 2.42. The minimum absolute atomic E-state index is 0.148. The summed E-state index contributed by atoms with van der Waals surface area (Å²) in [6, 6.07) is 5.53. The van der Waals surface area contributed by atoms with Gasteiger partial charge in [-0.3, -0.25) is 0 Å². The summed E-state index contributed by atoms with van der Waals surface area (Å²) in [5.74, 6) is 0.692. The SMILES string of the molecule is CCn1ncnc1CNC(=O)NCC(O)c1cc(C)cc(C)c1. The molecule has 0 fully saturated rings. The van der Waals surface area contributed by atoms with Crippen molar-refractivity contribution in [1.29, 1.82) is 0 Å². The predicted octanol–water partition coefficient (Wildman–Crippen LogP) is 1.45. The molecule has 0 radical (unpaired) electrons. The van der Waals surface area contributed by atoms with Gasteiger partial charge in [-0.2, -0.15) is 5.10 Å². The van der Waals surface area contributed by atoms with Gasteiger partial charge in [0.1, 0.15) is 12.2 Å². The molecule has 23 heavy (non-hydrogen) atoms. The van der Waals surface area contributed by atoms with Gasteiger partial charge in [0, 0.05) is 13.1 Å². The minimum Gasteiger partial charge on any atom is -0.387 e. The van der Waals surface area contributed by atoms with Crippen LogP contribution in [0.2, 0.25) is 0 Å². The lowest BCUT2D eigenvalue weighted by Crippen LogP contribution is -2.38. The van der Waals surface area contributed by atoms with Crippen LogP contribution in [-0.2, 0) is 13.1 Å². The molecule has 0 bridgehead atoms. The Bertz CT molecular complexity index is 648. The van der Waals surface area contributed by atoms with Crippen molar-refractivity contribution >= 4 is 6.03 Å². The highest BCUT2D eigenvalue weighted by molar-refractivity contribution is 5.73. The van der Waals surface area contributed by atoms with E-state index in [0.717, 1.165) is 16.7 Å². The van der Waals surface area contributed by atoms with Gasteiger partial charge in [0.05, 0.1) is 12.6 Å². The lowest BCUT2D eigenvalue weighted by molar-refractivity contribution is 0.173. The first-order valence-electron chi connectivity index (χ1n) is 7.64. The Morgan fingerprint density at radius 2 is 1.96 bits per heavy atom. The number of benzene rings is 1. The van der Waals surface area contributed by atoms with Gasteiger partial charge in [0.15, 0.2) is 0 Å². The quantitative estimate of drug-likeness (QED) is 0.752. The van der Waals surface area contributed by atoms with E-state index in [9.17, 15) is 9.90 Å². The van der Waals surface area contributed by atoms with Crippen LogP contribution in [0.5, 0.6) is 0 Å². The molecule has 0 saturated carbocycles. The van der Waals surface area contributed by atoms with Gasteiger partial charge < -0.3 is 15.7 Å². The third kappa shape index (κ3) is 4.79. The van der Waals surface area contributed by atoms with Crippen LogP contribution in [0.1, 0.15) is 35.5 Å². The molecule has 0 saturated heterocycles. The Kier molecular flexibility index (Phi) is 5.70. The molecule has 0 aliphatic rings. The summed E-state index contributed by atoms with van der Waals surface area (Å²) >= 11 is 0. The summed E-state index contributed by atoms with van der Waals surface area (Å²) in [5.41, 5.74) is 2.97. The van der Waals surface area contributed by atoms with Crippen molar-refractivity contribution in [3.63, 3.8) is 0 Å². The van der Waals surface area contributed by atoms with E-state index in [-0.39, 0.29) is 12.6 Å². The second kappa shape index (κ2) is 7.73. The van der Waals surface area contributed by atoms with Gasteiger partial charge in [0.25, 0.3) is 0 Å². The van der Waals surface area contributed by atoms with Crippen LogP contribution in [-0.4, -0.2) is 32.4 Å². The first-order chi connectivity index (χ1) is 11.0. The summed E-state index contributed by atoms with van der Waals surface area (Å²) in [7, 11) is 0. The summed E-state index contributed by atoms with van der Waals surface area (Å²) in [6.07, 6.45) is 0.723. The van der Waals surface area contributed by atoms with Crippen LogP contribution >= 0.6 is 0 Å². The van der Waals surface area contributed by atoms with E-state index >= 15 is 0 Å². The molecule has 1 aromatic carbocycles. The van der Waals surface area contributed by atoms with Crippen LogP contribution < -0.4 is 10.6 Å². The number of hydrogen-bond acceptors (Lipinski definition) is 4. The topological polar surface area (TPSA) is 92.1 Å². The number of amides is 2. The van der Waals surface area contributed by atoms with Crippen molar-refractivity contribution in [3.8, 4) is 0 Å². The highest BCUT2D eigenvalue weighted by Crippen LogP contribution is 2.16. The number of aliphatic hydroxyl groups is 1. The maximum Gasteiger partial charge on any atom is 0.315 e. The number of rotatable bonds is 6. The van der Waals surface area contributed by atoms with Gasteiger partial charge in [-0.15, -0.1) is 0 Å². The summed E-state index contributed by atoms with van der Waals surface area (Å²) in [5, 5.41) is 19.6. The average Bonchev–Trinajstić information content (AvgIpc) is 2.97. The predicted molar refractivity (Wildman–Crippen MR) is 86.8 cm³/mol. The van der Waals surface area contributed by atoms with Crippen LogP contribution in [0.15, 0.2) is 24.5 Å². The lowest BCUT2D eigenvalue weighted by atomic mass is 10.0. The second-order valence-electron chi connectivity index (χ2n) is 5.49. The van der Waals surface area contributed by atoms with Crippen LogP contribution in [0.3, 0.4) is 0 Å². The number of urea groups is 1. The van der Waals surface area contributed by atoms with E-state index in [1.54, 1.807) is 4.68 Å². The van der Waals surface area contributed by atoms with Crippen LogP contribution in [0.25, 0.3) is 0 Å². The van der Waals surface area contributed by atoms with Crippen molar-refractivity contribution in [2.75, 3.05) is 6.54 Å². The van der Waals surface area contributed by atoms with E-state index in [4.69, 9.17) is 0 Å². The molecule has 0 spiro atoms. The second-order valence-corrected chi connectivity index (χ2v) is 5.49. The molecule has 2 rings (SSSR count). The highest BCUT2D eigenvalue weighted by atomic mass is 16.3. The Morgan fingerprint density at radius 3 is 2.61 bits per heavy atom. The Hall–Kier alpha value is -2.41. The molecular formula is C16H23N5O2. The smallest absolute Gasteiger partial charge is 0.315 e. The average molecular weight is 317 g/mol. The fourth-order valence-electron chi connectivity index (χ4n) is 2.42. The number of aromatic nitrogens is 3. The zero-order chi connectivity index (χ0) is 16.8. The van der Waals surface area contributed by atoms with Gasteiger partial charge in [-0.05, 0) is 26.3 Å². The molecule has 0 aliphatic heterocycles. The Morgan fingerprint density at radius 1 is 1.26 bits per heavy atom. The van der Waals surface area contributed by atoms with Crippen molar-refractivity contribution in [3.05, 3.63) is 47.0 Å². The molecule has 0 aliphatic carbocycles. The standard InChI is InChI=1S/C16H23N5O2/c1-4-21-15(19-10-20-21)9-18-16(23)17-8-14(22)13-6-11(2)5-12(3)7-13/h5-7,10,14,22H,4,8-9H2,1-3H3,(H2,17,18,23). The summed E-state index contributed by atoms with van der Waals surface area (Å²) in [4.78, 5) is 15.9. The number of hydrogen-bond donors (Lipinski definition) is 3. The number of nitrogens with one attached hydrogen (secondary N) is 2. The third-order valence-corrected chi connectivity index (χ3v) is 3.49. The summed E-state index contributed by atoms with van der Waals surface area (Å²) in [6.45, 7) is 7.05. The molecule has 1 unspecified atom stereocenters. The molecule has 3 N–H and O–H groups in total. The largest absolute Gasteiger partial charge is 0.387 e. The van der Waals surface area contributed by atoms with Gasteiger partial charge in [-0.25, -0.2) is 14.5 Å². The molecule has 1 atom stereocenters. The monoisotopic (exact) mass is 317 g/mol. The molecule has 7 heteroatoms. The zero-order valence-electron chi connectivity index (χ0n) is 13.7. The fraction of sp³-hybridized carbons (Fsp3) is 0.438. The van der Waals surface area contributed by atoms with Crippen LogP contribution in [0.4, 0.5) is 4.79 Å². The molecule has 2 amide bonds. The number of carbonyl (C=O) groups is 1. The van der Waals surface area contributed by atoms with Crippen molar-refractivity contribution in [1.82, 2.24) is 25.4 Å². The van der Waals surface area contributed by atoms with Gasteiger partial charge >= 0.3 is 6.03 Å². The number of carbonyl (C=O) groups excluding carboxylic acids is 1. The van der Waals surface area contributed by atoms with Gasteiger partial charge in [0.2, 0.25) is 0 Å². The van der Waals surface area contributed by atoms with E-state index in [2.05, 4.69) is 20.7 Å². The van der Waals surface area contributed by atoms with Crippen molar-refractivity contribution in [2.24, 2.45) is 0 Å². The molecule has 2 aromatic rings. The van der Waals surface area contributed by atoms with E-state index < -0.39 is 6.10 Å². The van der Waals surface area contributed by atoms with Crippen LogP contribution in [0, 0.1) is 13.8 Å². The summed E-state index contributed by atoms with van der Waals surface area (Å²) < 4.78 is 1.71. The van der Waals surface area contributed by atoms with E-state index in [1.807, 2.05) is 39.0 Å². The first-order valence-corrected chi connectivity index (χ1v) is 7.64. The maximum absolute atomic E-state index is 11.8. The number of aryl methyl sites for hydroxylation is 3. The lowest BCUT2D eigenvalue weighted by Gasteiger charge is -2.14. The molecule has 1 heterocycles. The van der Waals surface area contributed by atoms with Crippen molar-refractivity contribution < 1.29 is 9.90 Å². The van der Waals surface area contributed by atoms with E-state index in [1.165, 1.54) is 6.33 Å². The number of nitrogens with zero attached hydrogens (tertiary/aromatic N) is 3. The minimum atomic E-state index is -0.737. The highest BCUT2D eigenvalue weighted by Gasteiger charge is 2.11. The molecule has 7 nitrogen and oxygen atoms in total. The van der Waals surface area contributed by atoms with Crippen molar-refractivity contribution in [2.45, 2.75) is 40.0 Å².